The molecule has 12 aromatic carbocycles. The summed E-state index contributed by atoms with van der Waals surface area (Å²) in [5.41, 5.74) is 3.93. The van der Waals surface area contributed by atoms with Gasteiger partial charge in [-0.15, -0.1) is 0 Å². The van der Waals surface area contributed by atoms with Gasteiger partial charge in [0.15, 0.2) is 23.1 Å². The number of phenolic OH excluding ortho intramolecular Hbond substituents is 6. The van der Waals surface area contributed by atoms with Crippen molar-refractivity contribution in [2.24, 2.45) is 0 Å². The van der Waals surface area contributed by atoms with E-state index in [1.54, 1.807) is 111 Å². The quantitative estimate of drug-likeness (QED) is 0.0618. The molecule has 0 radical (unpaired) electrons. The van der Waals surface area contributed by atoms with Crippen LogP contribution in [0.4, 0.5) is 0 Å². The van der Waals surface area contributed by atoms with Gasteiger partial charge in [-0.3, -0.25) is 28.8 Å². The number of hydrogen-bond donors (Lipinski definition) is 6. The van der Waals surface area contributed by atoms with E-state index in [-0.39, 0.29) is 77.7 Å². The van der Waals surface area contributed by atoms with Crippen LogP contribution < -0.4 is 10.9 Å². The smallest absolute Gasteiger partial charge is 0.201 e. The maximum atomic E-state index is 13.9. The fraction of sp³-hybridized carbons (Fsp3) is 0.0345. The molecule has 0 spiro atoms. The zero-order valence-corrected chi connectivity index (χ0v) is 36.7. The second kappa shape index (κ2) is 14.4. The molecule has 0 unspecified atom stereocenters. The lowest BCUT2D eigenvalue weighted by atomic mass is 9.78. The normalized spacial score (nSPS) is 13.0. The average Bonchev–Trinajstić information content (AvgIpc) is 3.34. The Morgan fingerprint density at radius 2 is 0.429 bits per heavy atom. The third-order valence-electron chi connectivity index (χ3n) is 13.9. The van der Waals surface area contributed by atoms with Gasteiger partial charge in [0.05, 0.1) is 21.5 Å². The van der Waals surface area contributed by atoms with Crippen molar-refractivity contribution in [3.8, 4) is 34.5 Å². The molecule has 0 aromatic heterocycles. The lowest BCUT2D eigenvalue weighted by Crippen LogP contribution is -2.20. The molecule has 12 nitrogen and oxygen atoms in total. The second-order valence-electron chi connectivity index (χ2n) is 17.7. The summed E-state index contributed by atoms with van der Waals surface area (Å²) in [4.78, 5) is 76.2. The van der Waals surface area contributed by atoms with Crippen LogP contribution in [0.1, 0.15) is 74.8 Å². The molecule has 0 saturated carbocycles. The lowest BCUT2D eigenvalue weighted by molar-refractivity contribution is 0.0979. The molecular weight excluding hydrogens is 889 g/mol. The minimum Gasteiger partial charge on any atom is -0.507 e. The highest BCUT2D eigenvalue weighted by molar-refractivity contribution is 6.51. The SMILES string of the molecule is Cc1cc(O)c2c(=O)c3c(O)cc(O)c4c5c(O)cc(O)c6c(=O)c7c(O)cc(C)c8c1c2c(c34)c(c78)c65.O=C1c2ccccc2C(=O)c2ccccc21.O=C1c2ccccc2C(=O)c2ccccc21. The molecule has 70 heavy (non-hydrogen) atoms. The van der Waals surface area contributed by atoms with Crippen LogP contribution >= 0.6 is 0 Å². The fourth-order valence-corrected chi connectivity index (χ4v) is 11.1. The van der Waals surface area contributed by atoms with Crippen LogP contribution in [-0.4, -0.2) is 53.8 Å². The van der Waals surface area contributed by atoms with E-state index in [4.69, 9.17) is 0 Å². The third-order valence-corrected chi connectivity index (χ3v) is 13.9. The molecule has 14 rings (SSSR count). The number of carbonyl (C=O) groups is 4. The maximum Gasteiger partial charge on any atom is 0.201 e. The highest BCUT2D eigenvalue weighted by Gasteiger charge is 2.34. The predicted molar refractivity (Wildman–Crippen MR) is 265 cm³/mol. The van der Waals surface area contributed by atoms with E-state index >= 15 is 0 Å². The summed E-state index contributed by atoms with van der Waals surface area (Å²) in [7, 11) is 0. The number of ketones is 4. The fourth-order valence-electron chi connectivity index (χ4n) is 11.1. The first kappa shape index (κ1) is 41.7. The molecule has 12 aromatic rings. The highest BCUT2D eigenvalue weighted by atomic mass is 16.3. The number of aromatic hydroxyl groups is 6. The van der Waals surface area contributed by atoms with Gasteiger partial charge in [-0.05, 0) is 47.9 Å². The predicted octanol–water partition coefficient (Wildman–Crippen LogP) is 10.0. The number of carbonyl (C=O) groups excluding carboxylic acids is 4. The number of fused-ring (bicyclic) bond motifs is 6. The van der Waals surface area contributed by atoms with Crippen molar-refractivity contribution in [3.63, 3.8) is 0 Å². The zero-order valence-electron chi connectivity index (χ0n) is 36.7. The van der Waals surface area contributed by atoms with Gasteiger partial charge in [0.1, 0.15) is 34.5 Å². The van der Waals surface area contributed by atoms with E-state index < -0.39 is 33.9 Å². The van der Waals surface area contributed by atoms with Gasteiger partial charge in [-0.25, -0.2) is 0 Å². The van der Waals surface area contributed by atoms with Crippen molar-refractivity contribution in [3.05, 3.63) is 197 Å². The summed E-state index contributed by atoms with van der Waals surface area (Å²) >= 11 is 0. The molecule has 2 aliphatic rings. The molecule has 12 heteroatoms. The van der Waals surface area contributed by atoms with Gasteiger partial charge in [-0.2, -0.15) is 0 Å². The van der Waals surface area contributed by atoms with Crippen LogP contribution in [0.5, 0.6) is 34.5 Å². The molecule has 0 heterocycles. The Labute approximate surface area is 392 Å². The average molecular weight is 921 g/mol. The first-order valence-corrected chi connectivity index (χ1v) is 21.9. The van der Waals surface area contributed by atoms with E-state index in [0.717, 1.165) is 12.1 Å². The second-order valence-corrected chi connectivity index (χ2v) is 17.7. The number of hydrogen-bond acceptors (Lipinski definition) is 12. The molecule has 0 aliphatic heterocycles. The van der Waals surface area contributed by atoms with Crippen LogP contribution in [0.3, 0.4) is 0 Å². The minimum absolute atomic E-state index is 0.0211. The number of benzene rings is 12. The Hall–Kier alpha value is -9.68. The largest absolute Gasteiger partial charge is 0.507 e. The van der Waals surface area contributed by atoms with Gasteiger partial charge < -0.3 is 30.6 Å². The van der Waals surface area contributed by atoms with E-state index in [1.807, 2.05) is 0 Å². The van der Waals surface area contributed by atoms with Crippen LogP contribution in [0.2, 0.25) is 0 Å². The van der Waals surface area contributed by atoms with Crippen LogP contribution in [0.15, 0.2) is 131 Å². The summed E-state index contributed by atoms with van der Waals surface area (Å²) in [6, 6.07) is 32.7. The Morgan fingerprint density at radius 3 is 0.671 bits per heavy atom. The molecule has 6 N–H and O–H groups in total. The van der Waals surface area contributed by atoms with E-state index in [9.17, 15) is 59.4 Å². The van der Waals surface area contributed by atoms with Crippen molar-refractivity contribution in [1.82, 2.24) is 0 Å². The molecule has 0 saturated heterocycles. The van der Waals surface area contributed by atoms with Gasteiger partial charge in [0.2, 0.25) is 10.9 Å². The summed E-state index contributed by atoms with van der Waals surface area (Å²) in [6.07, 6.45) is 0. The monoisotopic (exact) mass is 920 g/mol. The molecule has 0 amide bonds. The molecule has 0 bridgehead atoms. The molecule has 0 atom stereocenters. The van der Waals surface area contributed by atoms with Crippen molar-refractivity contribution >= 4 is 98.5 Å². The Bertz CT molecular complexity index is 3850. The highest BCUT2D eigenvalue weighted by Crippen LogP contribution is 2.57. The van der Waals surface area contributed by atoms with E-state index in [0.29, 0.717) is 88.0 Å². The molecule has 2 aliphatic carbocycles. The third kappa shape index (κ3) is 5.29. The molecule has 0 fully saturated rings. The lowest BCUT2D eigenvalue weighted by Gasteiger charge is -2.25. The summed E-state index contributed by atoms with van der Waals surface area (Å²) in [5, 5.41) is 68.4. The molecular formula is C58H32O12. The summed E-state index contributed by atoms with van der Waals surface area (Å²) in [5.74, 6) is -2.76. The summed E-state index contributed by atoms with van der Waals surface area (Å²) in [6.45, 7) is 3.51. The first-order valence-electron chi connectivity index (χ1n) is 21.9. The standard InChI is InChI=1S/C30H16O8.2C14H8O2/c1-7-3-9(31)19-23-15(7)16-8(2)4-10(32)20-24(16)28-26-18(12(34)6-14(36)22(26)30(20)38)17-11(33)5-13(35)21(29(19)37)25(17)27(23)28;2*15-13-9-5-1-2-6-10(9)14(16)12-8-4-3-7-11(12)13/h3-6,31-36H,1-2H3;2*1-8H. The number of phenols is 6. The zero-order chi connectivity index (χ0) is 48.9. The van der Waals surface area contributed by atoms with Crippen LogP contribution in [-0.2, 0) is 0 Å². The Morgan fingerprint density at radius 1 is 0.243 bits per heavy atom. The van der Waals surface area contributed by atoms with Crippen molar-refractivity contribution in [1.29, 1.82) is 0 Å². The van der Waals surface area contributed by atoms with Gasteiger partial charge >= 0.3 is 0 Å². The topological polar surface area (TPSA) is 224 Å². The Kier molecular flexibility index (Phi) is 8.59. The summed E-state index contributed by atoms with van der Waals surface area (Å²) < 4.78 is 0. The number of rotatable bonds is 0. The molecule has 336 valence electrons. The van der Waals surface area contributed by atoms with Gasteiger partial charge in [0, 0.05) is 99.7 Å². The van der Waals surface area contributed by atoms with Gasteiger partial charge in [-0.1, -0.05) is 97.1 Å². The van der Waals surface area contributed by atoms with Crippen molar-refractivity contribution in [2.75, 3.05) is 0 Å². The maximum absolute atomic E-state index is 13.9. The minimum atomic E-state index is -0.661. The first-order chi connectivity index (χ1) is 33.6. The Balaban J connectivity index is 0.000000129. The number of aryl methyl sites for hydroxylation is 2. The van der Waals surface area contributed by atoms with Gasteiger partial charge in [0.25, 0.3) is 0 Å². The van der Waals surface area contributed by atoms with Crippen molar-refractivity contribution < 1.29 is 49.8 Å². The van der Waals surface area contributed by atoms with Crippen molar-refractivity contribution in [2.45, 2.75) is 13.8 Å². The van der Waals surface area contributed by atoms with Crippen LogP contribution in [0, 0.1) is 13.8 Å². The van der Waals surface area contributed by atoms with E-state index in [2.05, 4.69) is 0 Å². The van der Waals surface area contributed by atoms with Crippen LogP contribution in [0.25, 0.3) is 75.4 Å². The van der Waals surface area contributed by atoms with E-state index in [1.165, 1.54) is 12.1 Å².